The molecule has 0 saturated carbocycles. The molecule has 2 aromatic carbocycles. The molecule has 0 aromatic heterocycles. The van der Waals surface area contributed by atoms with Crippen LogP contribution in [0.25, 0.3) is 0 Å². The molecule has 0 radical (unpaired) electrons. The van der Waals surface area contributed by atoms with Crippen LogP contribution in [0, 0.1) is 0 Å². The molecule has 0 atom stereocenters. The largest absolute Gasteiger partial charge is 0.495 e. The lowest BCUT2D eigenvalue weighted by atomic mass is 10.2. The molecule has 0 bridgehead atoms. The van der Waals surface area contributed by atoms with E-state index in [0.29, 0.717) is 28.7 Å². The molecule has 0 heterocycles. The average Bonchev–Trinajstić information content (AvgIpc) is 2.63. The van der Waals surface area contributed by atoms with Crippen molar-refractivity contribution >= 4 is 39.4 Å². The molecule has 1 N–H and O–H groups in total. The van der Waals surface area contributed by atoms with Gasteiger partial charge >= 0.3 is 0 Å². The van der Waals surface area contributed by atoms with Crippen LogP contribution in [0.15, 0.2) is 40.3 Å². The molecule has 27 heavy (non-hydrogen) atoms. The number of nitrogens with zero attached hydrogens (tertiary/aromatic N) is 1. The Labute approximate surface area is 167 Å². The first kappa shape index (κ1) is 21.1. The van der Waals surface area contributed by atoms with E-state index in [1.807, 2.05) is 6.92 Å². The standard InChI is InChI=1S/C17H18Cl2N2O5S/c1-4-26-17-13(19)7-11(8-15(17)25-3)10-20-21-27(22,23)16-9-12(18)5-6-14(16)24-2/h5-10,21H,4H2,1-3H3/b20-10+. The van der Waals surface area contributed by atoms with Crippen molar-refractivity contribution in [3.8, 4) is 17.2 Å². The first-order valence-corrected chi connectivity index (χ1v) is 9.95. The molecule has 0 spiro atoms. The first-order chi connectivity index (χ1) is 12.8. The number of hydrazone groups is 1. The quantitative estimate of drug-likeness (QED) is 0.507. The number of nitrogens with one attached hydrogen (secondary N) is 1. The lowest BCUT2D eigenvalue weighted by molar-refractivity contribution is 0.311. The SMILES string of the molecule is CCOc1c(Cl)cc(/C=N/NS(=O)(=O)c2cc(Cl)ccc2OC)cc1OC. The van der Waals surface area contributed by atoms with Crippen LogP contribution in [0.2, 0.25) is 10.0 Å². The molecule has 2 rings (SSSR count). The summed E-state index contributed by atoms with van der Waals surface area (Å²) in [5.41, 5.74) is 0.515. The van der Waals surface area contributed by atoms with Crippen LogP contribution in [0.3, 0.4) is 0 Å². The predicted octanol–water partition coefficient (Wildman–Crippen LogP) is 3.72. The number of benzene rings is 2. The summed E-state index contributed by atoms with van der Waals surface area (Å²) in [6.45, 7) is 2.24. The minimum atomic E-state index is -3.98. The fourth-order valence-corrected chi connectivity index (χ4v) is 3.68. The molecule has 2 aromatic rings. The summed E-state index contributed by atoms with van der Waals surface area (Å²) >= 11 is 12.1. The predicted molar refractivity (Wildman–Crippen MR) is 105 cm³/mol. The Morgan fingerprint density at radius 1 is 1.11 bits per heavy atom. The third kappa shape index (κ3) is 5.18. The maximum Gasteiger partial charge on any atom is 0.280 e. The Kier molecular flexibility index (Phi) is 7.18. The van der Waals surface area contributed by atoms with Gasteiger partial charge in [-0.15, -0.1) is 0 Å². The van der Waals surface area contributed by atoms with Crippen molar-refractivity contribution < 1.29 is 22.6 Å². The third-order valence-corrected chi connectivity index (χ3v) is 5.10. The van der Waals surface area contributed by atoms with Crippen LogP contribution in [-0.4, -0.2) is 35.5 Å². The maximum absolute atomic E-state index is 12.4. The van der Waals surface area contributed by atoms with Crippen LogP contribution in [-0.2, 0) is 10.0 Å². The van der Waals surface area contributed by atoms with Crippen LogP contribution >= 0.6 is 23.2 Å². The number of hydrogen-bond acceptors (Lipinski definition) is 6. The highest BCUT2D eigenvalue weighted by atomic mass is 35.5. The number of ether oxygens (including phenoxy) is 3. The zero-order valence-corrected chi connectivity index (χ0v) is 17.2. The van der Waals surface area contributed by atoms with Gasteiger partial charge in [0.15, 0.2) is 11.5 Å². The normalized spacial score (nSPS) is 11.4. The van der Waals surface area contributed by atoms with Gasteiger partial charge in [-0.3, -0.25) is 0 Å². The Morgan fingerprint density at radius 3 is 2.44 bits per heavy atom. The maximum atomic E-state index is 12.4. The second kappa shape index (κ2) is 9.16. The number of rotatable bonds is 8. The van der Waals surface area contributed by atoms with Gasteiger partial charge in [-0.05, 0) is 42.8 Å². The van der Waals surface area contributed by atoms with Gasteiger partial charge in [-0.1, -0.05) is 23.2 Å². The van der Waals surface area contributed by atoms with Crippen molar-refractivity contribution in [1.29, 1.82) is 0 Å². The van der Waals surface area contributed by atoms with Gasteiger partial charge in [-0.25, -0.2) is 0 Å². The monoisotopic (exact) mass is 432 g/mol. The zero-order chi connectivity index (χ0) is 20.0. The fraction of sp³-hybridized carbons (Fsp3) is 0.235. The van der Waals surface area contributed by atoms with Gasteiger partial charge in [0.1, 0.15) is 10.6 Å². The minimum absolute atomic E-state index is 0.128. The molecule has 0 aliphatic carbocycles. The summed E-state index contributed by atoms with van der Waals surface area (Å²) in [4.78, 5) is 1.98. The fourth-order valence-electron chi connectivity index (χ4n) is 2.18. The van der Waals surface area contributed by atoms with E-state index in [-0.39, 0.29) is 15.7 Å². The van der Waals surface area contributed by atoms with Crippen molar-refractivity contribution in [1.82, 2.24) is 4.83 Å². The van der Waals surface area contributed by atoms with Crippen molar-refractivity contribution in [2.75, 3.05) is 20.8 Å². The number of halogens is 2. The summed E-state index contributed by atoms with van der Waals surface area (Å²) in [5, 5.41) is 4.34. The van der Waals surface area contributed by atoms with Crippen molar-refractivity contribution in [3.05, 3.63) is 45.9 Å². The molecule has 0 amide bonds. The van der Waals surface area contributed by atoms with E-state index in [1.54, 1.807) is 12.1 Å². The summed E-state index contributed by atoms with van der Waals surface area (Å²) in [6, 6.07) is 7.45. The third-order valence-electron chi connectivity index (χ3n) is 3.34. The molecular weight excluding hydrogens is 415 g/mol. The van der Waals surface area contributed by atoms with Gasteiger partial charge in [0, 0.05) is 5.02 Å². The van der Waals surface area contributed by atoms with Gasteiger partial charge < -0.3 is 14.2 Å². The van der Waals surface area contributed by atoms with Gasteiger partial charge in [-0.2, -0.15) is 18.4 Å². The summed E-state index contributed by atoms with van der Waals surface area (Å²) in [6.07, 6.45) is 1.29. The van der Waals surface area contributed by atoms with Crippen molar-refractivity contribution in [2.45, 2.75) is 11.8 Å². The Morgan fingerprint density at radius 2 is 1.81 bits per heavy atom. The van der Waals surface area contributed by atoms with E-state index in [4.69, 9.17) is 37.4 Å². The van der Waals surface area contributed by atoms with E-state index in [0.717, 1.165) is 0 Å². The average molecular weight is 433 g/mol. The smallest absolute Gasteiger partial charge is 0.280 e. The van der Waals surface area contributed by atoms with Crippen molar-refractivity contribution in [3.63, 3.8) is 0 Å². The van der Waals surface area contributed by atoms with E-state index in [9.17, 15) is 8.42 Å². The highest BCUT2D eigenvalue weighted by Crippen LogP contribution is 2.36. The highest BCUT2D eigenvalue weighted by molar-refractivity contribution is 7.89. The molecule has 7 nitrogen and oxygen atoms in total. The molecule has 0 saturated heterocycles. The van der Waals surface area contributed by atoms with Crippen molar-refractivity contribution in [2.24, 2.45) is 5.10 Å². The van der Waals surface area contributed by atoms with Crippen LogP contribution < -0.4 is 19.0 Å². The van der Waals surface area contributed by atoms with Gasteiger partial charge in [0.25, 0.3) is 10.0 Å². The Balaban J connectivity index is 2.27. The second-order valence-electron chi connectivity index (χ2n) is 5.12. The van der Waals surface area contributed by atoms with Crippen LogP contribution in [0.5, 0.6) is 17.2 Å². The first-order valence-electron chi connectivity index (χ1n) is 7.71. The highest BCUT2D eigenvalue weighted by Gasteiger charge is 2.19. The van der Waals surface area contributed by atoms with E-state index >= 15 is 0 Å². The molecule has 0 unspecified atom stereocenters. The van der Waals surface area contributed by atoms with E-state index < -0.39 is 10.0 Å². The Bertz CT molecular complexity index is 949. The minimum Gasteiger partial charge on any atom is -0.495 e. The molecule has 146 valence electrons. The van der Waals surface area contributed by atoms with E-state index in [1.165, 1.54) is 38.6 Å². The summed E-state index contributed by atoms with van der Waals surface area (Å²) < 4.78 is 40.6. The lowest BCUT2D eigenvalue weighted by Crippen LogP contribution is -2.19. The second-order valence-corrected chi connectivity index (χ2v) is 7.59. The topological polar surface area (TPSA) is 86.2 Å². The van der Waals surface area contributed by atoms with Gasteiger partial charge in [0.2, 0.25) is 0 Å². The van der Waals surface area contributed by atoms with E-state index in [2.05, 4.69) is 9.93 Å². The van der Waals surface area contributed by atoms with Crippen LogP contribution in [0.1, 0.15) is 12.5 Å². The number of sulfonamides is 1. The molecule has 0 aliphatic rings. The van der Waals surface area contributed by atoms with Gasteiger partial charge in [0.05, 0.1) is 32.1 Å². The summed E-state index contributed by atoms with van der Waals surface area (Å²) in [7, 11) is -1.15. The lowest BCUT2D eigenvalue weighted by Gasteiger charge is -2.12. The molecule has 10 heteroatoms. The molecular formula is C17H18Cl2N2O5S. The number of methoxy groups -OCH3 is 2. The zero-order valence-electron chi connectivity index (χ0n) is 14.8. The molecule has 0 fully saturated rings. The summed E-state index contributed by atoms with van der Waals surface area (Å²) in [5.74, 6) is 0.959. The molecule has 0 aliphatic heterocycles. The number of hydrogen-bond donors (Lipinski definition) is 1. The Hall–Kier alpha value is -2.16. The van der Waals surface area contributed by atoms with Crippen LogP contribution in [0.4, 0.5) is 0 Å².